The van der Waals surface area contributed by atoms with Gasteiger partial charge < -0.3 is 9.47 Å². The molecule has 0 saturated heterocycles. The van der Waals surface area contributed by atoms with Crippen molar-refractivity contribution in [3.05, 3.63) is 17.7 Å². The lowest BCUT2D eigenvalue weighted by atomic mass is 10.2. The summed E-state index contributed by atoms with van der Waals surface area (Å²) in [7, 11) is 4.16. The quantitative estimate of drug-likeness (QED) is 0.770. The third kappa shape index (κ3) is 2.54. The molecule has 0 radical (unpaired) electrons. The number of aryl methyl sites for hydroxylation is 1. The minimum atomic E-state index is -3.88. The highest BCUT2D eigenvalue weighted by Gasteiger charge is 2.22. The summed E-state index contributed by atoms with van der Waals surface area (Å²) < 4.78 is 32.5. The first-order valence-corrected chi connectivity index (χ1v) is 6.38. The number of rotatable bonds is 3. The summed E-state index contributed by atoms with van der Waals surface area (Å²) in [5.41, 5.74) is 0.827. The van der Waals surface area contributed by atoms with Crippen LogP contribution in [0, 0.1) is 6.92 Å². The third-order valence-electron chi connectivity index (χ3n) is 1.85. The predicted octanol–water partition coefficient (Wildman–Crippen LogP) is 1.94. The van der Waals surface area contributed by atoms with Gasteiger partial charge in [-0.3, -0.25) is 0 Å². The van der Waals surface area contributed by atoms with Gasteiger partial charge in [-0.05, 0) is 24.6 Å². The molecule has 1 aromatic carbocycles. The van der Waals surface area contributed by atoms with Crippen LogP contribution in [-0.2, 0) is 9.05 Å². The molecule has 0 aliphatic carbocycles. The van der Waals surface area contributed by atoms with Crippen LogP contribution in [0.15, 0.2) is 17.0 Å². The van der Waals surface area contributed by atoms with E-state index in [1.54, 1.807) is 19.1 Å². The Balaban J connectivity index is 3.59. The van der Waals surface area contributed by atoms with Crippen molar-refractivity contribution >= 4 is 19.7 Å². The first kappa shape index (κ1) is 12.1. The van der Waals surface area contributed by atoms with Crippen LogP contribution in [0.4, 0.5) is 0 Å². The Labute approximate surface area is 93.2 Å². The average Bonchev–Trinajstić information content (AvgIpc) is 2.14. The molecule has 1 rings (SSSR count). The SMILES string of the molecule is COc1cc(C)cc(OC)c1S(=O)(=O)Cl. The fourth-order valence-corrected chi connectivity index (χ4v) is 2.47. The Hall–Kier alpha value is -0.940. The van der Waals surface area contributed by atoms with Crippen molar-refractivity contribution in [2.75, 3.05) is 14.2 Å². The molecule has 0 aromatic heterocycles. The van der Waals surface area contributed by atoms with Gasteiger partial charge in [-0.2, -0.15) is 0 Å². The van der Waals surface area contributed by atoms with Crippen LogP contribution in [0.25, 0.3) is 0 Å². The number of ether oxygens (including phenoxy) is 2. The standard InChI is InChI=1S/C9H11ClO4S/c1-6-4-7(13-2)9(15(10,11)12)8(5-6)14-3/h4-5H,1-3H3. The number of methoxy groups -OCH3 is 2. The van der Waals surface area contributed by atoms with Gasteiger partial charge in [0.1, 0.15) is 11.5 Å². The predicted molar refractivity (Wildman–Crippen MR) is 57.3 cm³/mol. The number of halogens is 1. The van der Waals surface area contributed by atoms with Gasteiger partial charge in [0.05, 0.1) is 14.2 Å². The van der Waals surface area contributed by atoms with Gasteiger partial charge in [0.2, 0.25) is 0 Å². The maximum atomic E-state index is 11.3. The van der Waals surface area contributed by atoms with Gasteiger partial charge >= 0.3 is 0 Å². The molecule has 15 heavy (non-hydrogen) atoms. The second kappa shape index (κ2) is 4.28. The first-order valence-electron chi connectivity index (χ1n) is 4.07. The van der Waals surface area contributed by atoms with Crippen molar-refractivity contribution in [3.8, 4) is 11.5 Å². The third-order valence-corrected chi connectivity index (χ3v) is 3.20. The van der Waals surface area contributed by atoms with Crippen molar-refractivity contribution in [3.63, 3.8) is 0 Å². The molecule has 0 fully saturated rings. The van der Waals surface area contributed by atoms with E-state index < -0.39 is 9.05 Å². The molecule has 4 nitrogen and oxygen atoms in total. The maximum Gasteiger partial charge on any atom is 0.268 e. The molecular weight excluding hydrogens is 240 g/mol. The van der Waals surface area contributed by atoms with Gasteiger partial charge in [0, 0.05) is 10.7 Å². The summed E-state index contributed by atoms with van der Waals surface area (Å²) in [4.78, 5) is -0.139. The smallest absolute Gasteiger partial charge is 0.268 e. The number of hydrogen-bond acceptors (Lipinski definition) is 4. The highest BCUT2D eigenvalue weighted by Crippen LogP contribution is 2.36. The van der Waals surface area contributed by atoms with Crippen LogP contribution >= 0.6 is 10.7 Å². The Kier molecular flexibility index (Phi) is 3.46. The Morgan fingerprint density at radius 1 is 1.13 bits per heavy atom. The molecule has 0 saturated carbocycles. The molecular formula is C9H11ClO4S. The maximum absolute atomic E-state index is 11.3. The molecule has 0 aliphatic heterocycles. The van der Waals surface area contributed by atoms with Crippen LogP contribution in [0.2, 0.25) is 0 Å². The van der Waals surface area contributed by atoms with Crippen molar-refractivity contribution in [2.45, 2.75) is 11.8 Å². The van der Waals surface area contributed by atoms with Crippen molar-refractivity contribution < 1.29 is 17.9 Å². The summed E-state index contributed by atoms with van der Waals surface area (Å²) in [5.74, 6) is 0.365. The van der Waals surface area contributed by atoms with Crippen LogP contribution in [-0.4, -0.2) is 22.6 Å². The molecule has 6 heteroatoms. The monoisotopic (exact) mass is 250 g/mol. The van der Waals surface area contributed by atoms with E-state index in [2.05, 4.69) is 0 Å². The lowest BCUT2D eigenvalue weighted by molar-refractivity contribution is 0.373. The molecule has 0 unspecified atom stereocenters. The lowest BCUT2D eigenvalue weighted by Crippen LogP contribution is -2.00. The molecule has 0 heterocycles. The van der Waals surface area contributed by atoms with E-state index in [0.717, 1.165) is 5.56 Å². The van der Waals surface area contributed by atoms with Crippen LogP contribution in [0.5, 0.6) is 11.5 Å². The zero-order chi connectivity index (χ0) is 11.6. The zero-order valence-electron chi connectivity index (χ0n) is 8.57. The number of hydrogen-bond donors (Lipinski definition) is 0. The molecule has 0 amide bonds. The molecule has 0 atom stereocenters. The minimum absolute atomic E-state index is 0.139. The Bertz CT molecular complexity index is 442. The second-order valence-corrected chi connectivity index (χ2v) is 5.44. The van der Waals surface area contributed by atoms with E-state index in [4.69, 9.17) is 20.2 Å². The highest BCUT2D eigenvalue weighted by molar-refractivity contribution is 8.13. The van der Waals surface area contributed by atoms with Gasteiger partial charge in [0.25, 0.3) is 9.05 Å². The van der Waals surface area contributed by atoms with Crippen LogP contribution in [0.1, 0.15) is 5.56 Å². The van der Waals surface area contributed by atoms with E-state index >= 15 is 0 Å². The Morgan fingerprint density at radius 2 is 1.53 bits per heavy atom. The van der Waals surface area contributed by atoms with Gasteiger partial charge in [0.15, 0.2) is 4.90 Å². The van der Waals surface area contributed by atoms with Crippen LogP contribution < -0.4 is 9.47 Å². The van der Waals surface area contributed by atoms with Crippen molar-refractivity contribution in [1.82, 2.24) is 0 Å². The van der Waals surface area contributed by atoms with E-state index in [0.29, 0.717) is 0 Å². The normalized spacial score (nSPS) is 11.2. The topological polar surface area (TPSA) is 52.6 Å². The Morgan fingerprint density at radius 3 is 1.80 bits per heavy atom. The average molecular weight is 251 g/mol. The second-order valence-electron chi connectivity index (χ2n) is 2.94. The number of benzene rings is 1. The van der Waals surface area contributed by atoms with Crippen molar-refractivity contribution in [1.29, 1.82) is 0 Å². The molecule has 1 aromatic rings. The summed E-state index contributed by atoms with van der Waals surface area (Å²) in [6.45, 7) is 1.80. The van der Waals surface area contributed by atoms with Gasteiger partial charge in [-0.1, -0.05) is 0 Å². The lowest BCUT2D eigenvalue weighted by Gasteiger charge is -2.11. The fourth-order valence-electron chi connectivity index (χ4n) is 1.25. The first-order chi connectivity index (χ1) is 6.90. The van der Waals surface area contributed by atoms with Gasteiger partial charge in [-0.25, -0.2) is 8.42 Å². The van der Waals surface area contributed by atoms with Gasteiger partial charge in [-0.15, -0.1) is 0 Å². The molecule has 0 bridgehead atoms. The van der Waals surface area contributed by atoms with E-state index in [1.807, 2.05) is 0 Å². The molecule has 0 N–H and O–H groups in total. The summed E-state index contributed by atoms with van der Waals surface area (Å²) in [5, 5.41) is 0. The zero-order valence-corrected chi connectivity index (χ0v) is 10.1. The minimum Gasteiger partial charge on any atom is -0.495 e. The van der Waals surface area contributed by atoms with Crippen molar-refractivity contribution in [2.24, 2.45) is 0 Å². The summed E-state index contributed by atoms with van der Waals surface area (Å²) in [6, 6.07) is 3.16. The summed E-state index contributed by atoms with van der Waals surface area (Å²) >= 11 is 0. The molecule has 0 aliphatic rings. The van der Waals surface area contributed by atoms with E-state index in [1.165, 1.54) is 14.2 Å². The molecule has 84 valence electrons. The highest BCUT2D eigenvalue weighted by atomic mass is 35.7. The van der Waals surface area contributed by atoms with E-state index in [9.17, 15) is 8.42 Å². The largest absolute Gasteiger partial charge is 0.495 e. The van der Waals surface area contributed by atoms with E-state index in [-0.39, 0.29) is 16.4 Å². The molecule has 0 spiro atoms. The summed E-state index contributed by atoms with van der Waals surface area (Å²) in [6.07, 6.45) is 0. The van der Waals surface area contributed by atoms with Crippen LogP contribution in [0.3, 0.4) is 0 Å². The fraction of sp³-hybridized carbons (Fsp3) is 0.333.